The SMILES string of the molecule is COCC(=O)CN1CCCCCCC1. The van der Waals surface area contributed by atoms with Gasteiger partial charge in [-0.25, -0.2) is 0 Å². The monoisotopic (exact) mass is 199 g/mol. The minimum Gasteiger partial charge on any atom is -0.377 e. The van der Waals surface area contributed by atoms with Crippen molar-refractivity contribution in [1.29, 1.82) is 0 Å². The Morgan fingerprint density at radius 2 is 1.71 bits per heavy atom. The minimum absolute atomic E-state index is 0.202. The molecule has 1 fully saturated rings. The van der Waals surface area contributed by atoms with Gasteiger partial charge in [0.05, 0.1) is 6.54 Å². The molecule has 1 saturated heterocycles. The Hall–Kier alpha value is -0.410. The van der Waals surface area contributed by atoms with Crippen LogP contribution < -0.4 is 0 Å². The molecule has 3 heteroatoms. The Kier molecular flexibility index (Phi) is 5.80. The number of carbonyl (C=O) groups is 1. The Bertz CT molecular complexity index is 163. The van der Waals surface area contributed by atoms with E-state index in [4.69, 9.17) is 4.74 Å². The van der Waals surface area contributed by atoms with Crippen LogP contribution in [0.1, 0.15) is 32.1 Å². The lowest BCUT2D eigenvalue weighted by molar-refractivity contribution is -0.123. The van der Waals surface area contributed by atoms with E-state index >= 15 is 0 Å². The van der Waals surface area contributed by atoms with Crippen LogP contribution in [0.5, 0.6) is 0 Å². The van der Waals surface area contributed by atoms with Gasteiger partial charge in [-0.2, -0.15) is 0 Å². The number of methoxy groups -OCH3 is 1. The quantitative estimate of drug-likeness (QED) is 0.686. The van der Waals surface area contributed by atoms with Crippen LogP contribution in [0.15, 0.2) is 0 Å². The average molecular weight is 199 g/mol. The van der Waals surface area contributed by atoms with Crippen molar-refractivity contribution in [2.45, 2.75) is 32.1 Å². The Balaban J connectivity index is 2.22. The molecule has 82 valence electrons. The zero-order valence-electron chi connectivity index (χ0n) is 9.13. The molecule has 0 N–H and O–H groups in total. The highest BCUT2D eigenvalue weighted by atomic mass is 16.5. The van der Waals surface area contributed by atoms with Gasteiger partial charge in [0.1, 0.15) is 6.61 Å². The van der Waals surface area contributed by atoms with Crippen molar-refractivity contribution in [2.24, 2.45) is 0 Å². The highest BCUT2D eigenvalue weighted by molar-refractivity contribution is 5.81. The minimum atomic E-state index is 0.202. The first kappa shape index (κ1) is 11.7. The lowest BCUT2D eigenvalue weighted by atomic mass is 10.1. The zero-order valence-corrected chi connectivity index (χ0v) is 9.13. The molecule has 3 nitrogen and oxygen atoms in total. The largest absolute Gasteiger partial charge is 0.377 e. The topological polar surface area (TPSA) is 29.5 Å². The summed E-state index contributed by atoms with van der Waals surface area (Å²) in [7, 11) is 1.57. The number of ether oxygens (including phenoxy) is 1. The van der Waals surface area contributed by atoms with Gasteiger partial charge in [-0.15, -0.1) is 0 Å². The molecule has 14 heavy (non-hydrogen) atoms. The fraction of sp³-hybridized carbons (Fsp3) is 0.909. The van der Waals surface area contributed by atoms with Gasteiger partial charge in [0.2, 0.25) is 0 Å². The lowest BCUT2D eigenvalue weighted by Crippen LogP contribution is -2.34. The van der Waals surface area contributed by atoms with Crippen LogP contribution in [0, 0.1) is 0 Å². The predicted molar refractivity (Wildman–Crippen MR) is 56.4 cm³/mol. The Morgan fingerprint density at radius 1 is 1.14 bits per heavy atom. The van der Waals surface area contributed by atoms with Gasteiger partial charge in [0, 0.05) is 7.11 Å². The summed E-state index contributed by atoms with van der Waals surface area (Å²) in [6.45, 7) is 3.00. The number of hydrogen-bond donors (Lipinski definition) is 0. The summed E-state index contributed by atoms with van der Waals surface area (Å²) in [6.07, 6.45) is 6.46. The van der Waals surface area contributed by atoms with Crippen molar-refractivity contribution in [1.82, 2.24) is 4.90 Å². The summed E-state index contributed by atoms with van der Waals surface area (Å²) in [6, 6.07) is 0. The number of rotatable bonds is 4. The van der Waals surface area contributed by atoms with E-state index in [9.17, 15) is 4.79 Å². The van der Waals surface area contributed by atoms with E-state index in [0.29, 0.717) is 6.54 Å². The van der Waals surface area contributed by atoms with Gasteiger partial charge in [-0.05, 0) is 25.9 Å². The fourth-order valence-corrected chi connectivity index (χ4v) is 1.93. The summed E-state index contributed by atoms with van der Waals surface area (Å²) in [5, 5.41) is 0. The van der Waals surface area contributed by atoms with Gasteiger partial charge < -0.3 is 4.74 Å². The second-order valence-corrected chi connectivity index (χ2v) is 4.02. The maximum Gasteiger partial charge on any atom is 0.172 e. The second kappa shape index (κ2) is 6.96. The molecule has 0 unspecified atom stereocenters. The van der Waals surface area contributed by atoms with Crippen LogP contribution in [0.2, 0.25) is 0 Å². The van der Waals surface area contributed by atoms with Crippen molar-refractivity contribution in [2.75, 3.05) is 33.4 Å². The van der Waals surface area contributed by atoms with Crippen LogP contribution in [-0.2, 0) is 9.53 Å². The molecule has 0 atom stereocenters. The van der Waals surface area contributed by atoms with Gasteiger partial charge in [0.25, 0.3) is 0 Å². The average Bonchev–Trinajstić information content (AvgIpc) is 2.10. The molecule has 1 aliphatic rings. The standard InChI is InChI=1S/C11H21NO2/c1-14-10-11(13)9-12-7-5-3-2-4-6-8-12/h2-10H2,1H3. The van der Waals surface area contributed by atoms with E-state index < -0.39 is 0 Å². The molecule has 0 amide bonds. The smallest absolute Gasteiger partial charge is 0.172 e. The molecule has 0 aromatic rings. The van der Waals surface area contributed by atoms with Crippen LogP contribution >= 0.6 is 0 Å². The first-order valence-corrected chi connectivity index (χ1v) is 5.56. The van der Waals surface area contributed by atoms with Gasteiger partial charge in [-0.3, -0.25) is 9.69 Å². The zero-order chi connectivity index (χ0) is 10.2. The van der Waals surface area contributed by atoms with E-state index in [-0.39, 0.29) is 12.4 Å². The molecule has 0 radical (unpaired) electrons. The van der Waals surface area contributed by atoms with Crippen LogP contribution in [0.25, 0.3) is 0 Å². The maximum absolute atomic E-state index is 11.3. The Labute approximate surface area is 86.4 Å². The van der Waals surface area contributed by atoms with Crippen molar-refractivity contribution in [3.05, 3.63) is 0 Å². The van der Waals surface area contributed by atoms with Crippen LogP contribution in [0.4, 0.5) is 0 Å². The van der Waals surface area contributed by atoms with Gasteiger partial charge >= 0.3 is 0 Å². The third kappa shape index (κ3) is 4.72. The molecule has 1 heterocycles. The van der Waals surface area contributed by atoms with E-state index in [1.807, 2.05) is 0 Å². The number of nitrogens with zero attached hydrogens (tertiary/aromatic N) is 1. The van der Waals surface area contributed by atoms with Gasteiger partial charge in [0.15, 0.2) is 5.78 Å². The van der Waals surface area contributed by atoms with E-state index in [0.717, 1.165) is 13.1 Å². The number of Topliss-reactive ketones (excluding diaryl/α,β-unsaturated/α-hetero) is 1. The van der Waals surface area contributed by atoms with Crippen molar-refractivity contribution in [3.63, 3.8) is 0 Å². The number of likely N-dealkylation sites (tertiary alicyclic amines) is 1. The molecule has 0 aliphatic carbocycles. The molecule has 1 rings (SSSR count). The van der Waals surface area contributed by atoms with Crippen molar-refractivity contribution < 1.29 is 9.53 Å². The molecule has 0 aromatic heterocycles. The molecule has 0 spiro atoms. The number of carbonyl (C=O) groups excluding carboxylic acids is 1. The van der Waals surface area contributed by atoms with Crippen LogP contribution in [-0.4, -0.2) is 44.0 Å². The molecule has 0 bridgehead atoms. The first-order valence-electron chi connectivity index (χ1n) is 5.56. The van der Waals surface area contributed by atoms with Gasteiger partial charge in [-0.1, -0.05) is 19.3 Å². The summed E-state index contributed by atoms with van der Waals surface area (Å²) < 4.78 is 4.82. The first-order chi connectivity index (χ1) is 6.83. The molecule has 0 saturated carbocycles. The highest BCUT2D eigenvalue weighted by Crippen LogP contribution is 2.09. The van der Waals surface area contributed by atoms with Crippen molar-refractivity contribution >= 4 is 5.78 Å². The summed E-state index contributed by atoms with van der Waals surface area (Å²) in [4.78, 5) is 13.6. The Morgan fingerprint density at radius 3 is 2.29 bits per heavy atom. The third-order valence-electron chi connectivity index (χ3n) is 2.65. The van der Waals surface area contributed by atoms with E-state index in [1.165, 1.54) is 32.1 Å². The highest BCUT2D eigenvalue weighted by Gasteiger charge is 2.11. The fourth-order valence-electron chi connectivity index (χ4n) is 1.93. The number of ketones is 1. The summed E-state index contributed by atoms with van der Waals surface area (Å²) in [5.74, 6) is 0.202. The van der Waals surface area contributed by atoms with E-state index in [1.54, 1.807) is 7.11 Å². The maximum atomic E-state index is 11.3. The number of hydrogen-bond acceptors (Lipinski definition) is 3. The third-order valence-corrected chi connectivity index (χ3v) is 2.65. The summed E-state index contributed by atoms with van der Waals surface area (Å²) >= 11 is 0. The molecular formula is C11H21NO2. The molecule has 1 aliphatic heterocycles. The van der Waals surface area contributed by atoms with E-state index in [2.05, 4.69) is 4.90 Å². The second-order valence-electron chi connectivity index (χ2n) is 4.02. The predicted octanol–water partition coefficient (Wildman–Crippen LogP) is 1.47. The molecule has 0 aromatic carbocycles. The normalized spacial score (nSPS) is 20.1. The summed E-state index contributed by atoms with van der Waals surface area (Å²) in [5.41, 5.74) is 0. The van der Waals surface area contributed by atoms with Crippen molar-refractivity contribution in [3.8, 4) is 0 Å². The molecular weight excluding hydrogens is 178 g/mol. The lowest BCUT2D eigenvalue weighted by Gasteiger charge is -2.23. The van der Waals surface area contributed by atoms with Crippen LogP contribution in [0.3, 0.4) is 0 Å².